The van der Waals surface area contributed by atoms with E-state index in [9.17, 15) is 13.2 Å². The van der Waals surface area contributed by atoms with Gasteiger partial charge in [0.15, 0.2) is 0 Å². The molecule has 0 atom stereocenters. The standard InChI is InChI=1S/C20H32N2O5S/c1-22(2)28(24,25)18-10-11-19(26-3)16(15-18)9-12-20(23)21-13-6-14-27-17-7-4-5-8-17/h10-11,15,17H,4-9,12-14H2,1-3H3,(H,21,23). The van der Waals surface area contributed by atoms with Gasteiger partial charge in [0.05, 0.1) is 18.1 Å². The molecule has 1 aromatic carbocycles. The number of ether oxygens (including phenoxy) is 2. The predicted octanol–water partition coefficient (Wildman–Crippen LogP) is 2.34. The molecule has 0 saturated heterocycles. The smallest absolute Gasteiger partial charge is 0.242 e. The zero-order valence-electron chi connectivity index (χ0n) is 17.1. The van der Waals surface area contributed by atoms with Gasteiger partial charge in [0, 0.05) is 33.7 Å². The van der Waals surface area contributed by atoms with Gasteiger partial charge in [0.25, 0.3) is 0 Å². The van der Waals surface area contributed by atoms with Gasteiger partial charge in [0.1, 0.15) is 5.75 Å². The molecular formula is C20H32N2O5S. The highest BCUT2D eigenvalue weighted by Crippen LogP contribution is 2.25. The lowest BCUT2D eigenvalue weighted by Gasteiger charge is -2.14. The van der Waals surface area contributed by atoms with Crippen molar-refractivity contribution in [2.75, 3.05) is 34.4 Å². The second-order valence-corrected chi connectivity index (χ2v) is 9.39. The number of rotatable bonds is 11. The van der Waals surface area contributed by atoms with Crippen LogP contribution in [0.5, 0.6) is 5.75 Å². The van der Waals surface area contributed by atoms with Crippen molar-refractivity contribution in [2.45, 2.75) is 55.9 Å². The first kappa shape index (κ1) is 22.6. The van der Waals surface area contributed by atoms with Crippen molar-refractivity contribution in [2.24, 2.45) is 0 Å². The van der Waals surface area contributed by atoms with Crippen molar-refractivity contribution in [1.82, 2.24) is 9.62 Å². The average Bonchev–Trinajstić information content (AvgIpc) is 3.19. The van der Waals surface area contributed by atoms with E-state index in [0.29, 0.717) is 37.0 Å². The lowest BCUT2D eigenvalue weighted by atomic mass is 10.1. The molecule has 8 heteroatoms. The summed E-state index contributed by atoms with van der Waals surface area (Å²) in [6.45, 7) is 1.25. The van der Waals surface area contributed by atoms with E-state index in [4.69, 9.17) is 9.47 Å². The molecule has 1 amide bonds. The normalized spacial score (nSPS) is 15.1. The Morgan fingerprint density at radius 2 is 1.96 bits per heavy atom. The van der Waals surface area contributed by atoms with Crippen LogP contribution < -0.4 is 10.1 Å². The van der Waals surface area contributed by atoms with Gasteiger partial charge in [-0.2, -0.15) is 0 Å². The van der Waals surface area contributed by atoms with Crippen molar-refractivity contribution in [3.63, 3.8) is 0 Å². The minimum Gasteiger partial charge on any atom is -0.496 e. The molecule has 1 aromatic rings. The Bertz CT molecular complexity index is 743. The lowest BCUT2D eigenvalue weighted by molar-refractivity contribution is -0.121. The van der Waals surface area contributed by atoms with Gasteiger partial charge in [0.2, 0.25) is 15.9 Å². The molecule has 28 heavy (non-hydrogen) atoms. The molecule has 2 rings (SSSR count). The van der Waals surface area contributed by atoms with Crippen LogP contribution in [-0.2, 0) is 26.0 Å². The summed E-state index contributed by atoms with van der Waals surface area (Å²) in [5.41, 5.74) is 0.699. The Morgan fingerprint density at radius 3 is 2.61 bits per heavy atom. The number of sulfonamides is 1. The minimum absolute atomic E-state index is 0.0659. The van der Waals surface area contributed by atoms with Gasteiger partial charge in [-0.3, -0.25) is 4.79 Å². The van der Waals surface area contributed by atoms with Gasteiger partial charge >= 0.3 is 0 Å². The fraction of sp³-hybridized carbons (Fsp3) is 0.650. The monoisotopic (exact) mass is 412 g/mol. The third-order valence-electron chi connectivity index (χ3n) is 4.95. The SMILES string of the molecule is COc1ccc(S(=O)(=O)N(C)C)cc1CCC(=O)NCCCOC1CCCC1. The third kappa shape index (κ3) is 6.46. The van der Waals surface area contributed by atoms with E-state index >= 15 is 0 Å². The highest BCUT2D eigenvalue weighted by atomic mass is 32.2. The number of hydrogen-bond acceptors (Lipinski definition) is 5. The van der Waals surface area contributed by atoms with Gasteiger partial charge < -0.3 is 14.8 Å². The van der Waals surface area contributed by atoms with Crippen molar-refractivity contribution in [3.8, 4) is 5.75 Å². The fourth-order valence-corrected chi connectivity index (χ4v) is 4.22. The molecule has 0 aromatic heterocycles. The second-order valence-electron chi connectivity index (χ2n) is 7.24. The molecule has 1 N–H and O–H groups in total. The highest BCUT2D eigenvalue weighted by molar-refractivity contribution is 7.89. The summed E-state index contributed by atoms with van der Waals surface area (Å²) < 4.78 is 36.9. The molecule has 0 radical (unpaired) electrons. The Balaban J connectivity index is 1.80. The molecule has 0 unspecified atom stereocenters. The van der Waals surface area contributed by atoms with E-state index in [1.165, 1.54) is 44.4 Å². The molecule has 1 aliphatic rings. The van der Waals surface area contributed by atoms with Crippen molar-refractivity contribution < 1.29 is 22.7 Å². The molecule has 1 fully saturated rings. The molecule has 0 spiro atoms. The molecular weight excluding hydrogens is 380 g/mol. The van der Waals surface area contributed by atoms with Gasteiger partial charge in [-0.05, 0) is 49.4 Å². The van der Waals surface area contributed by atoms with E-state index in [1.54, 1.807) is 12.1 Å². The number of nitrogens with zero attached hydrogens (tertiary/aromatic N) is 1. The van der Waals surface area contributed by atoms with E-state index < -0.39 is 10.0 Å². The maximum atomic E-state index is 12.3. The first-order valence-corrected chi connectivity index (χ1v) is 11.3. The quantitative estimate of drug-likeness (QED) is 0.564. The maximum Gasteiger partial charge on any atom is 0.242 e. The number of carbonyl (C=O) groups excluding carboxylic acids is 1. The first-order chi connectivity index (χ1) is 13.3. The Labute approximate surface area is 168 Å². The van der Waals surface area contributed by atoms with Crippen LogP contribution in [0.15, 0.2) is 23.1 Å². The summed E-state index contributed by atoms with van der Waals surface area (Å²) in [7, 11) is 0.982. The average molecular weight is 413 g/mol. The van der Waals surface area contributed by atoms with Crippen LogP contribution in [-0.4, -0.2) is 59.1 Å². The number of aryl methyl sites for hydroxylation is 1. The fourth-order valence-electron chi connectivity index (χ4n) is 3.26. The summed E-state index contributed by atoms with van der Waals surface area (Å²) >= 11 is 0. The number of benzene rings is 1. The van der Waals surface area contributed by atoms with Crippen LogP contribution in [0.1, 0.15) is 44.1 Å². The highest BCUT2D eigenvalue weighted by Gasteiger charge is 2.19. The minimum atomic E-state index is -3.53. The topological polar surface area (TPSA) is 84.9 Å². The number of carbonyl (C=O) groups is 1. The van der Waals surface area contributed by atoms with Gasteiger partial charge in [-0.25, -0.2) is 12.7 Å². The summed E-state index contributed by atoms with van der Waals surface area (Å²) in [6.07, 6.45) is 6.67. The number of amides is 1. The van der Waals surface area contributed by atoms with Crippen LogP contribution in [0.25, 0.3) is 0 Å². The van der Waals surface area contributed by atoms with Crippen LogP contribution in [0.3, 0.4) is 0 Å². The molecule has 0 bridgehead atoms. The molecule has 1 saturated carbocycles. The summed E-state index contributed by atoms with van der Waals surface area (Å²) in [5.74, 6) is 0.513. The van der Waals surface area contributed by atoms with Gasteiger partial charge in [-0.1, -0.05) is 12.8 Å². The number of nitrogens with one attached hydrogen (secondary N) is 1. The van der Waals surface area contributed by atoms with E-state index in [2.05, 4.69) is 5.32 Å². The Kier molecular flexibility index (Phi) is 8.72. The van der Waals surface area contributed by atoms with E-state index in [1.807, 2.05) is 0 Å². The molecule has 0 aliphatic heterocycles. The van der Waals surface area contributed by atoms with Crippen molar-refractivity contribution in [3.05, 3.63) is 23.8 Å². The van der Waals surface area contributed by atoms with Crippen LogP contribution in [0.4, 0.5) is 0 Å². The molecule has 1 aliphatic carbocycles. The zero-order chi connectivity index (χ0) is 20.6. The Morgan fingerprint density at radius 1 is 1.25 bits per heavy atom. The second kappa shape index (κ2) is 10.8. The van der Waals surface area contributed by atoms with Crippen LogP contribution in [0.2, 0.25) is 0 Å². The van der Waals surface area contributed by atoms with E-state index in [-0.39, 0.29) is 17.2 Å². The predicted molar refractivity (Wildman–Crippen MR) is 108 cm³/mol. The van der Waals surface area contributed by atoms with Crippen LogP contribution in [0, 0.1) is 0 Å². The largest absolute Gasteiger partial charge is 0.496 e. The van der Waals surface area contributed by atoms with E-state index in [0.717, 1.165) is 19.3 Å². The van der Waals surface area contributed by atoms with Crippen molar-refractivity contribution >= 4 is 15.9 Å². The molecule has 7 nitrogen and oxygen atoms in total. The first-order valence-electron chi connectivity index (χ1n) is 9.82. The summed E-state index contributed by atoms with van der Waals surface area (Å²) in [6, 6.07) is 4.73. The number of methoxy groups -OCH3 is 1. The van der Waals surface area contributed by atoms with Gasteiger partial charge in [-0.15, -0.1) is 0 Å². The maximum absolute atomic E-state index is 12.3. The van der Waals surface area contributed by atoms with Crippen LogP contribution >= 0.6 is 0 Å². The lowest BCUT2D eigenvalue weighted by Crippen LogP contribution is -2.26. The Hall–Kier alpha value is -1.64. The van der Waals surface area contributed by atoms with Crippen molar-refractivity contribution in [1.29, 1.82) is 0 Å². The summed E-state index contributed by atoms with van der Waals surface area (Å²) in [4.78, 5) is 12.3. The number of hydrogen-bond donors (Lipinski definition) is 1. The molecule has 0 heterocycles. The molecule has 158 valence electrons. The zero-order valence-corrected chi connectivity index (χ0v) is 17.9. The third-order valence-corrected chi connectivity index (χ3v) is 6.76. The summed E-state index contributed by atoms with van der Waals surface area (Å²) in [5, 5.41) is 2.89.